The molecule has 0 aliphatic rings. The van der Waals surface area contributed by atoms with E-state index in [4.69, 9.17) is 5.73 Å². The normalized spacial score (nSPS) is 10.2. The molecule has 0 fully saturated rings. The Bertz CT molecular complexity index is 455. The number of hydrogen-bond acceptors (Lipinski definition) is 3. The van der Waals surface area contributed by atoms with Gasteiger partial charge >= 0.3 is 0 Å². The summed E-state index contributed by atoms with van der Waals surface area (Å²) in [5.41, 5.74) is 7.20. The van der Waals surface area contributed by atoms with Gasteiger partial charge < -0.3 is 15.5 Å². The minimum Gasteiger partial charge on any atom is -0.347 e. The largest absolute Gasteiger partial charge is 0.347 e. The van der Waals surface area contributed by atoms with Crippen LogP contribution in [0.1, 0.15) is 22.8 Å². The molecule has 0 heterocycles. The van der Waals surface area contributed by atoms with E-state index in [1.54, 1.807) is 31.1 Å². The van der Waals surface area contributed by atoms with E-state index in [1.807, 2.05) is 19.1 Å². The summed E-state index contributed by atoms with van der Waals surface area (Å²) in [6, 6.07) is 7.38. The highest BCUT2D eigenvalue weighted by Gasteiger charge is 2.18. The Balaban J connectivity index is 2.77. The molecule has 0 saturated carbocycles. The number of hydrogen-bond donors (Lipinski definition) is 1. The number of nitrogens with zero attached hydrogens (tertiary/aromatic N) is 2. The number of amides is 2. The Labute approximate surface area is 120 Å². The van der Waals surface area contributed by atoms with E-state index in [0.29, 0.717) is 18.7 Å². The molecule has 0 saturated heterocycles. The van der Waals surface area contributed by atoms with Crippen molar-refractivity contribution in [1.29, 1.82) is 0 Å². The fraction of sp³-hybridized carbons (Fsp3) is 0.467. The predicted molar refractivity (Wildman–Crippen MR) is 79.5 cm³/mol. The third-order valence-corrected chi connectivity index (χ3v) is 3.13. The fourth-order valence-corrected chi connectivity index (χ4v) is 1.80. The summed E-state index contributed by atoms with van der Waals surface area (Å²) in [7, 11) is 3.37. The van der Waals surface area contributed by atoms with Gasteiger partial charge in [0.1, 0.15) is 0 Å². The molecule has 2 N–H and O–H groups in total. The van der Waals surface area contributed by atoms with Crippen LogP contribution in [0.3, 0.4) is 0 Å². The van der Waals surface area contributed by atoms with Crippen LogP contribution in [-0.4, -0.2) is 55.3 Å². The number of likely N-dealkylation sites (N-methyl/N-ethyl adjacent to an activating group) is 2. The quantitative estimate of drug-likeness (QED) is 0.834. The summed E-state index contributed by atoms with van der Waals surface area (Å²) >= 11 is 0. The molecule has 0 aliphatic heterocycles. The third-order valence-electron chi connectivity index (χ3n) is 3.13. The van der Waals surface area contributed by atoms with Crippen molar-refractivity contribution in [3.63, 3.8) is 0 Å². The first-order valence-corrected chi connectivity index (χ1v) is 6.78. The molecule has 5 nitrogen and oxygen atoms in total. The summed E-state index contributed by atoms with van der Waals surface area (Å²) in [6.45, 7) is 3.06. The summed E-state index contributed by atoms with van der Waals surface area (Å²) in [5.74, 6) is -0.207. The van der Waals surface area contributed by atoms with Crippen LogP contribution in [-0.2, 0) is 11.2 Å². The van der Waals surface area contributed by atoms with Gasteiger partial charge in [-0.3, -0.25) is 9.59 Å². The molecule has 2 amide bonds. The molecule has 110 valence electrons. The van der Waals surface area contributed by atoms with Crippen LogP contribution in [0.15, 0.2) is 24.3 Å². The van der Waals surface area contributed by atoms with Crippen molar-refractivity contribution >= 4 is 11.8 Å². The Hall–Kier alpha value is -1.88. The zero-order valence-corrected chi connectivity index (χ0v) is 12.4. The summed E-state index contributed by atoms with van der Waals surface area (Å²) in [6.07, 6.45) is 0.797. The van der Waals surface area contributed by atoms with Gasteiger partial charge in [0, 0.05) is 26.2 Å². The molecule has 0 aromatic heterocycles. The molecule has 0 spiro atoms. The topological polar surface area (TPSA) is 66.6 Å². The van der Waals surface area contributed by atoms with Gasteiger partial charge in [0.25, 0.3) is 5.91 Å². The van der Waals surface area contributed by atoms with Gasteiger partial charge in [-0.1, -0.05) is 12.1 Å². The average Bonchev–Trinajstić information content (AvgIpc) is 2.44. The number of carbonyl (C=O) groups is 2. The molecule has 1 aromatic carbocycles. The minimum atomic E-state index is -0.123. The number of nitrogens with two attached hydrogens (primary N) is 1. The van der Waals surface area contributed by atoms with Crippen LogP contribution < -0.4 is 5.73 Å². The second kappa shape index (κ2) is 7.65. The van der Waals surface area contributed by atoms with Crippen molar-refractivity contribution in [3.8, 4) is 0 Å². The van der Waals surface area contributed by atoms with Gasteiger partial charge in [0.2, 0.25) is 5.91 Å². The van der Waals surface area contributed by atoms with Crippen molar-refractivity contribution in [2.75, 3.05) is 33.7 Å². The first-order chi connectivity index (χ1) is 9.49. The second-order valence-electron chi connectivity index (χ2n) is 4.84. The SMILES string of the molecule is CCN(CC(=O)N(C)C)C(=O)c1ccc(CCN)cc1. The minimum absolute atomic E-state index is 0.0834. The van der Waals surface area contributed by atoms with Gasteiger partial charge in [-0.15, -0.1) is 0 Å². The first-order valence-electron chi connectivity index (χ1n) is 6.78. The van der Waals surface area contributed by atoms with Crippen molar-refractivity contribution in [3.05, 3.63) is 35.4 Å². The van der Waals surface area contributed by atoms with Crippen LogP contribution >= 0.6 is 0 Å². The third kappa shape index (κ3) is 4.35. The van der Waals surface area contributed by atoms with Crippen LogP contribution in [0.5, 0.6) is 0 Å². The lowest BCUT2D eigenvalue weighted by Gasteiger charge is -2.22. The lowest BCUT2D eigenvalue weighted by atomic mass is 10.1. The van der Waals surface area contributed by atoms with Gasteiger partial charge in [-0.2, -0.15) is 0 Å². The van der Waals surface area contributed by atoms with Crippen LogP contribution in [0.25, 0.3) is 0 Å². The predicted octanol–water partition coefficient (Wildman–Crippen LogP) is 0.738. The standard InChI is InChI=1S/C15H23N3O2/c1-4-18(11-14(19)17(2)3)15(20)13-7-5-12(6-8-13)9-10-16/h5-8H,4,9-11,16H2,1-3H3. The Kier molecular flexibility index (Phi) is 6.18. The molecule has 1 rings (SSSR count). The number of rotatable bonds is 6. The lowest BCUT2D eigenvalue weighted by molar-refractivity contribution is -0.129. The molecule has 1 aromatic rings. The van der Waals surface area contributed by atoms with Crippen molar-refractivity contribution < 1.29 is 9.59 Å². The second-order valence-corrected chi connectivity index (χ2v) is 4.84. The maximum Gasteiger partial charge on any atom is 0.254 e. The molecular formula is C15H23N3O2. The number of benzene rings is 1. The van der Waals surface area contributed by atoms with Crippen molar-refractivity contribution in [2.45, 2.75) is 13.3 Å². The van der Waals surface area contributed by atoms with Crippen LogP contribution in [0.4, 0.5) is 0 Å². The zero-order valence-electron chi connectivity index (χ0n) is 12.4. The maximum absolute atomic E-state index is 12.3. The van der Waals surface area contributed by atoms with E-state index >= 15 is 0 Å². The molecule has 0 aliphatic carbocycles. The van der Waals surface area contributed by atoms with Crippen LogP contribution in [0.2, 0.25) is 0 Å². The molecule has 0 radical (unpaired) electrons. The first kappa shape index (κ1) is 16.2. The van der Waals surface area contributed by atoms with Gasteiger partial charge in [0.15, 0.2) is 0 Å². The molecular weight excluding hydrogens is 254 g/mol. The number of carbonyl (C=O) groups excluding carboxylic acids is 2. The lowest BCUT2D eigenvalue weighted by Crippen LogP contribution is -2.40. The van der Waals surface area contributed by atoms with Crippen molar-refractivity contribution in [2.24, 2.45) is 5.73 Å². The highest BCUT2D eigenvalue weighted by molar-refractivity contribution is 5.96. The monoisotopic (exact) mass is 277 g/mol. The van der Waals surface area contributed by atoms with E-state index in [1.165, 1.54) is 4.90 Å². The van der Waals surface area contributed by atoms with Gasteiger partial charge in [-0.05, 0) is 37.6 Å². The molecule has 0 unspecified atom stereocenters. The van der Waals surface area contributed by atoms with Gasteiger partial charge in [0.05, 0.1) is 6.54 Å². The Morgan fingerprint density at radius 3 is 2.20 bits per heavy atom. The Morgan fingerprint density at radius 2 is 1.75 bits per heavy atom. The highest BCUT2D eigenvalue weighted by atomic mass is 16.2. The fourth-order valence-electron chi connectivity index (χ4n) is 1.80. The van der Waals surface area contributed by atoms with Crippen molar-refractivity contribution in [1.82, 2.24) is 9.80 Å². The summed E-state index contributed by atoms with van der Waals surface area (Å²) < 4.78 is 0. The molecule has 5 heteroatoms. The van der Waals surface area contributed by atoms with E-state index in [0.717, 1.165) is 12.0 Å². The average molecular weight is 277 g/mol. The van der Waals surface area contributed by atoms with E-state index in [2.05, 4.69) is 0 Å². The van der Waals surface area contributed by atoms with Crippen LogP contribution in [0, 0.1) is 0 Å². The molecule has 0 bridgehead atoms. The molecule has 0 atom stereocenters. The van der Waals surface area contributed by atoms with Gasteiger partial charge in [-0.25, -0.2) is 0 Å². The zero-order chi connectivity index (χ0) is 15.1. The summed E-state index contributed by atoms with van der Waals surface area (Å²) in [4.78, 5) is 27.1. The maximum atomic E-state index is 12.3. The van der Waals surface area contributed by atoms with E-state index < -0.39 is 0 Å². The molecule has 20 heavy (non-hydrogen) atoms. The van der Waals surface area contributed by atoms with E-state index in [9.17, 15) is 9.59 Å². The Morgan fingerprint density at radius 1 is 1.15 bits per heavy atom. The highest BCUT2D eigenvalue weighted by Crippen LogP contribution is 2.08. The smallest absolute Gasteiger partial charge is 0.254 e. The van der Waals surface area contributed by atoms with E-state index in [-0.39, 0.29) is 18.4 Å². The summed E-state index contributed by atoms with van der Waals surface area (Å²) in [5, 5.41) is 0.